The van der Waals surface area contributed by atoms with Crippen LogP contribution in [0.1, 0.15) is 39.0 Å². The minimum atomic E-state index is -3.50. The Balaban J connectivity index is 2.25. The highest BCUT2D eigenvalue weighted by Crippen LogP contribution is 2.25. The quantitative estimate of drug-likeness (QED) is 0.729. The molecule has 19 heavy (non-hydrogen) atoms. The van der Waals surface area contributed by atoms with Crippen LogP contribution in [0.4, 0.5) is 4.79 Å². The number of nitrogens with zero attached hydrogens (tertiary/aromatic N) is 2. The molecule has 0 aromatic heterocycles. The minimum Gasteiger partial charge on any atom is -0.317 e. The molecule has 0 bridgehead atoms. The minimum absolute atomic E-state index is 0.181. The zero-order valence-corrected chi connectivity index (χ0v) is 12.4. The zero-order valence-electron chi connectivity index (χ0n) is 11.6. The molecule has 0 aromatic carbocycles. The third-order valence-corrected chi connectivity index (χ3v) is 4.99. The lowest BCUT2D eigenvalue weighted by Gasteiger charge is -2.35. The van der Waals surface area contributed by atoms with E-state index in [0.717, 1.165) is 41.8 Å². The van der Waals surface area contributed by atoms with Gasteiger partial charge in [-0.2, -0.15) is 0 Å². The van der Waals surface area contributed by atoms with Gasteiger partial charge >= 0.3 is 6.03 Å². The van der Waals surface area contributed by atoms with E-state index in [1.165, 1.54) is 6.42 Å². The van der Waals surface area contributed by atoms with Gasteiger partial charge in [0.05, 0.1) is 12.8 Å². The smallest absolute Gasteiger partial charge is 0.317 e. The molecule has 1 heterocycles. The summed E-state index contributed by atoms with van der Waals surface area (Å²) in [5.74, 6) is 0. The fraction of sp³-hybridized carbons (Fsp3) is 0.769. The molecule has 0 spiro atoms. The van der Waals surface area contributed by atoms with Gasteiger partial charge < -0.3 is 4.90 Å². The summed E-state index contributed by atoms with van der Waals surface area (Å²) in [5.41, 5.74) is 0.928. The molecule has 0 saturated heterocycles. The molecule has 1 fully saturated rings. The molecule has 0 N–H and O–H groups in total. The largest absolute Gasteiger partial charge is 0.334 e. The number of carbonyl (C=O) groups is 1. The van der Waals surface area contributed by atoms with Gasteiger partial charge in [0.15, 0.2) is 0 Å². The zero-order chi connectivity index (χ0) is 14.0. The summed E-state index contributed by atoms with van der Waals surface area (Å²) in [5, 5.41) is 0. The average Bonchev–Trinajstić information content (AvgIpc) is 2.50. The third-order valence-electron chi connectivity index (χ3n) is 3.90. The lowest BCUT2D eigenvalue weighted by Crippen LogP contribution is -2.49. The molecule has 108 valence electrons. The molecule has 5 nitrogen and oxygen atoms in total. The van der Waals surface area contributed by atoms with Gasteiger partial charge in [-0.3, -0.25) is 0 Å². The lowest BCUT2D eigenvalue weighted by molar-refractivity contribution is 0.151. The number of hydrogen-bond donors (Lipinski definition) is 0. The predicted octanol–water partition coefficient (Wildman–Crippen LogP) is 1.96. The van der Waals surface area contributed by atoms with Crippen LogP contribution in [0.25, 0.3) is 0 Å². The topological polar surface area (TPSA) is 57.7 Å². The number of amides is 2. The van der Waals surface area contributed by atoms with Crippen LogP contribution in [0.3, 0.4) is 0 Å². The Bertz CT molecular complexity index is 478. The van der Waals surface area contributed by atoms with Gasteiger partial charge in [-0.25, -0.2) is 17.5 Å². The van der Waals surface area contributed by atoms with Crippen molar-refractivity contribution in [3.63, 3.8) is 0 Å². The Morgan fingerprint density at radius 3 is 2.42 bits per heavy atom. The molecule has 0 unspecified atom stereocenters. The summed E-state index contributed by atoms with van der Waals surface area (Å²) < 4.78 is 24.5. The Hall–Kier alpha value is -1.04. The van der Waals surface area contributed by atoms with Gasteiger partial charge in [-0.05, 0) is 19.8 Å². The SMILES string of the molecule is CC1=CCN(C2CCCCC2)C(=O)N(S(C)(=O)=O)C1. The van der Waals surface area contributed by atoms with Crippen molar-refractivity contribution in [2.45, 2.75) is 45.1 Å². The van der Waals surface area contributed by atoms with Crippen molar-refractivity contribution in [1.82, 2.24) is 9.21 Å². The number of carbonyl (C=O) groups excluding carboxylic acids is 1. The second kappa shape index (κ2) is 5.53. The van der Waals surface area contributed by atoms with Gasteiger partial charge in [0.1, 0.15) is 0 Å². The van der Waals surface area contributed by atoms with Gasteiger partial charge in [-0.15, -0.1) is 0 Å². The van der Waals surface area contributed by atoms with E-state index >= 15 is 0 Å². The average molecular weight is 286 g/mol. The fourth-order valence-electron chi connectivity index (χ4n) is 2.79. The summed E-state index contributed by atoms with van der Waals surface area (Å²) in [7, 11) is -3.50. The van der Waals surface area contributed by atoms with Crippen molar-refractivity contribution in [1.29, 1.82) is 0 Å². The van der Waals surface area contributed by atoms with Crippen LogP contribution in [0.2, 0.25) is 0 Å². The maximum absolute atomic E-state index is 12.5. The first kappa shape index (κ1) is 14.4. The monoisotopic (exact) mass is 286 g/mol. The van der Waals surface area contributed by atoms with Crippen LogP contribution in [-0.2, 0) is 10.0 Å². The fourth-order valence-corrected chi connectivity index (χ4v) is 3.62. The highest BCUT2D eigenvalue weighted by atomic mass is 32.2. The van der Waals surface area contributed by atoms with Crippen LogP contribution >= 0.6 is 0 Å². The van der Waals surface area contributed by atoms with E-state index in [1.54, 1.807) is 4.90 Å². The van der Waals surface area contributed by atoms with Gasteiger partial charge in [-0.1, -0.05) is 30.9 Å². The molecule has 2 rings (SSSR count). The lowest BCUT2D eigenvalue weighted by atomic mass is 9.94. The van der Waals surface area contributed by atoms with Crippen molar-refractivity contribution >= 4 is 16.1 Å². The first-order valence-electron chi connectivity index (χ1n) is 6.83. The summed E-state index contributed by atoms with van der Waals surface area (Å²) in [6.45, 7) is 2.58. The van der Waals surface area contributed by atoms with Crippen LogP contribution in [-0.4, -0.2) is 49.0 Å². The van der Waals surface area contributed by atoms with Gasteiger partial charge in [0.25, 0.3) is 0 Å². The summed E-state index contributed by atoms with van der Waals surface area (Å²) in [4.78, 5) is 14.2. The van der Waals surface area contributed by atoms with E-state index in [9.17, 15) is 13.2 Å². The second-order valence-corrected chi connectivity index (χ2v) is 7.45. The van der Waals surface area contributed by atoms with Crippen molar-refractivity contribution in [2.75, 3.05) is 19.3 Å². The van der Waals surface area contributed by atoms with E-state index in [4.69, 9.17) is 0 Å². The molecule has 6 heteroatoms. The Morgan fingerprint density at radius 1 is 1.21 bits per heavy atom. The van der Waals surface area contributed by atoms with E-state index in [-0.39, 0.29) is 18.6 Å². The van der Waals surface area contributed by atoms with Gasteiger partial charge in [0.2, 0.25) is 10.0 Å². The molecule has 2 aliphatic rings. The Labute approximate surface area is 115 Å². The molecule has 1 aliphatic heterocycles. The third kappa shape index (κ3) is 3.29. The molecular formula is C13H22N2O3S. The molecule has 1 saturated carbocycles. The first-order valence-corrected chi connectivity index (χ1v) is 8.68. The number of urea groups is 1. The van der Waals surface area contributed by atoms with E-state index in [0.29, 0.717) is 6.54 Å². The van der Waals surface area contributed by atoms with Crippen molar-refractivity contribution in [3.8, 4) is 0 Å². The molecule has 0 radical (unpaired) electrons. The highest BCUT2D eigenvalue weighted by Gasteiger charge is 2.34. The number of sulfonamides is 1. The maximum atomic E-state index is 12.5. The molecular weight excluding hydrogens is 264 g/mol. The van der Waals surface area contributed by atoms with Crippen molar-refractivity contribution < 1.29 is 13.2 Å². The van der Waals surface area contributed by atoms with E-state index in [2.05, 4.69) is 0 Å². The Morgan fingerprint density at radius 2 is 1.84 bits per heavy atom. The first-order chi connectivity index (χ1) is 8.89. The van der Waals surface area contributed by atoms with Crippen molar-refractivity contribution in [2.24, 2.45) is 0 Å². The highest BCUT2D eigenvalue weighted by molar-refractivity contribution is 7.88. The Kier molecular flexibility index (Phi) is 4.18. The summed E-state index contributed by atoms with van der Waals surface area (Å²) in [6, 6.07) is -0.171. The number of rotatable bonds is 2. The second-order valence-electron chi connectivity index (χ2n) is 5.55. The standard InChI is InChI=1S/C13H22N2O3S/c1-11-8-9-14(12-6-4-3-5-7-12)13(16)15(10-11)19(2,17)18/h8,12H,3-7,9-10H2,1-2H3. The van der Waals surface area contributed by atoms with Gasteiger partial charge in [0, 0.05) is 12.6 Å². The normalized spacial score (nSPS) is 23.3. The summed E-state index contributed by atoms with van der Waals surface area (Å²) in [6.07, 6.45) is 8.49. The molecule has 1 aliphatic carbocycles. The van der Waals surface area contributed by atoms with Crippen molar-refractivity contribution in [3.05, 3.63) is 11.6 Å². The summed E-state index contributed by atoms with van der Waals surface area (Å²) >= 11 is 0. The predicted molar refractivity (Wildman–Crippen MR) is 74.3 cm³/mol. The maximum Gasteiger partial charge on any atom is 0.334 e. The number of hydrogen-bond acceptors (Lipinski definition) is 3. The molecule has 0 aromatic rings. The van der Waals surface area contributed by atoms with Crippen LogP contribution < -0.4 is 0 Å². The van der Waals surface area contributed by atoms with Crippen LogP contribution in [0, 0.1) is 0 Å². The van der Waals surface area contributed by atoms with E-state index < -0.39 is 10.0 Å². The molecule has 0 atom stereocenters. The van der Waals surface area contributed by atoms with E-state index in [1.807, 2.05) is 13.0 Å². The van der Waals surface area contributed by atoms with Crippen LogP contribution in [0.5, 0.6) is 0 Å². The molecule has 2 amide bonds. The van der Waals surface area contributed by atoms with Crippen LogP contribution in [0.15, 0.2) is 11.6 Å².